The molecule has 212 valence electrons. The summed E-state index contributed by atoms with van der Waals surface area (Å²) in [6.07, 6.45) is -4.98. The number of hydrogen-bond acceptors (Lipinski definition) is 6. The Bertz CT molecular complexity index is 1230. The number of nitrogens with zero attached hydrogens (tertiary/aromatic N) is 1. The van der Waals surface area contributed by atoms with E-state index >= 15 is 0 Å². The molecule has 1 aliphatic rings. The first-order valence-corrected chi connectivity index (χ1v) is 12.5. The third-order valence-electron chi connectivity index (χ3n) is 5.74. The van der Waals surface area contributed by atoms with Crippen LogP contribution in [0, 0.1) is 0 Å². The lowest BCUT2D eigenvalue weighted by atomic mass is 10.1. The molecule has 1 aliphatic heterocycles. The highest BCUT2D eigenvalue weighted by Crippen LogP contribution is 2.32. The summed E-state index contributed by atoms with van der Waals surface area (Å²) in [5.74, 6) is -1.46. The van der Waals surface area contributed by atoms with Crippen LogP contribution in [0.2, 0.25) is 5.02 Å². The first-order valence-electron chi connectivity index (χ1n) is 12.2. The van der Waals surface area contributed by atoms with Crippen LogP contribution in [0.5, 0.6) is 0 Å². The molecule has 3 rings (SSSR count). The first-order chi connectivity index (χ1) is 18.1. The van der Waals surface area contributed by atoms with E-state index in [1.807, 2.05) is 6.07 Å². The van der Waals surface area contributed by atoms with Crippen molar-refractivity contribution < 1.29 is 32.3 Å². The number of nitrogen functional groups attached to an aromatic ring is 1. The van der Waals surface area contributed by atoms with E-state index in [-0.39, 0.29) is 11.7 Å². The zero-order valence-corrected chi connectivity index (χ0v) is 22.5. The van der Waals surface area contributed by atoms with Crippen LogP contribution in [0.1, 0.15) is 48.7 Å². The molecule has 1 saturated heterocycles. The van der Waals surface area contributed by atoms with Crippen LogP contribution >= 0.6 is 11.6 Å². The number of anilines is 2. The summed E-state index contributed by atoms with van der Waals surface area (Å²) in [7, 11) is 0. The molecule has 2 aromatic carbocycles. The molecule has 1 atom stereocenters. The molecule has 5 N–H and O–H groups in total. The van der Waals surface area contributed by atoms with E-state index in [4.69, 9.17) is 22.1 Å². The number of nitrogens with one attached hydrogen (secondary N) is 3. The number of likely N-dealkylation sites (tertiary alicyclic amines) is 1. The van der Waals surface area contributed by atoms with Crippen molar-refractivity contribution in [3.05, 3.63) is 58.1 Å². The van der Waals surface area contributed by atoms with Gasteiger partial charge in [-0.3, -0.25) is 19.8 Å². The SMILES string of the molecule is CC(C)(C)OC(=O)Nc1ccc(C(F)(F)F)cc1C(=O)NCC(=O)N[C@@H]1CCN(Cc2ccc(Cl)c(N)c2)C1. The lowest BCUT2D eigenvalue weighted by Gasteiger charge is -2.21. The maximum atomic E-state index is 13.3. The van der Waals surface area contributed by atoms with Gasteiger partial charge >= 0.3 is 12.3 Å². The van der Waals surface area contributed by atoms with E-state index in [1.54, 1.807) is 32.9 Å². The van der Waals surface area contributed by atoms with Crippen LogP contribution in [0.15, 0.2) is 36.4 Å². The molecule has 0 aromatic heterocycles. The van der Waals surface area contributed by atoms with Crippen LogP contribution in [-0.4, -0.2) is 54.1 Å². The second-order valence-corrected chi connectivity index (χ2v) is 10.6. The number of ether oxygens (including phenoxy) is 1. The van der Waals surface area contributed by atoms with Crippen molar-refractivity contribution in [3.8, 4) is 0 Å². The monoisotopic (exact) mass is 569 g/mol. The number of nitrogens with two attached hydrogens (primary N) is 1. The fraction of sp³-hybridized carbons (Fsp3) is 0.423. The second-order valence-electron chi connectivity index (χ2n) is 10.2. The third-order valence-corrected chi connectivity index (χ3v) is 6.08. The minimum absolute atomic E-state index is 0.169. The number of benzene rings is 2. The van der Waals surface area contributed by atoms with Gasteiger partial charge in [-0.05, 0) is 63.1 Å². The van der Waals surface area contributed by atoms with Gasteiger partial charge in [0.05, 0.1) is 34.1 Å². The van der Waals surface area contributed by atoms with Crippen molar-refractivity contribution in [2.24, 2.45) is 0 Å². The fourth-order valence-corrected chi connectivity index (χ4v) is 4.13. The molecule has 2 aromatic rings. The number of carbonyl (C=O) groups is 3. The van der Waals surface area contributed by atoms with Gasteiger partial charge in [-0.1, -0.05) is 17.7 Å². The van der Waals surface area contributed by atoms with Gasteiger partial charge in [0, 0.05) is 25.7 Å². The number of amides is 3. The molecule has 0 unspecified atom stereocenters. The van der Waals surface area contributed by atoms with E-state index in [9.17, 15) is 27.6 Å². The quantitative estimate of drug-likeness (QED) is 0.366. The van der Waals surface area contributed by atoms with Crippen LogP contribution in [0.3, 0.4) is 0 Å². The van der Waals surface area contributed by atoms with Crippen LogP contribution in [0.25, 0.3) is 0 Å². The predicted molar refractivity (Wildman–Crippen MR) is 141 cm³/mol. The standard InChI is InChI=1S/C26H31ClF3N5O4/c1-25(2,3)39-24(38)34-21-7-5-16(26(28,29)30)11-18(21)23(37)32-12-22(36)33-17-8-9-35(14-17)13-15-4-6-19(27)20(31)10-15/h4-7,10-11,17H,8-9,12-14,31H2,1-3H3,(H,32,37)(H,33,36)(H,34,38)/t17-/m1/s1. The number of carbonyl (C=O) groups excluding carboxylic acids is 3. The summed E-state index contributed by atoms with van der Waals surface area (Å²) in [5.41, 5.74) is 4.71. The second kappa shape index (κ2) is 12.1. The molecule has 0 bridgehead atoms. The number of halogens is 4. The lowest BCUT2D eigenvalue weighted by Crippen LogP contribution is -2.43. The van der Waals surface area contributed by atoms with Gasteiger partial charge in [0.2, 0.25) is 5.91 Å². The molecule has 0 aliphatic carbocycles. The zero-order chi connectivity index (χ0) is 29.0. The Labute approximate surface area is 229 Å². The zero-order valence-electron chi connectivity index (χ0n) is 21.7. The van der Waals surface area contributed by atoms with E-state index in [2.05, 4.69) is 20.9 Å². The maximum Gasteiger partial charge on any atom is 0.416 e. The van der Waals surface area contributed by atoms with Crippen LogP contribution in [0.4, 0.5) is 29.3 Å². The fourth-order valence-electron chi connectivity index (χ4n) is 4.01. The van der Waals surface area contributed by atoms with Gasteiger partial charge in [0.1, 0.15) is 5.60 Å². The Morgan fingerprint density at radius 3 is 2.49 bits per heavy atom. The number of alkyl halides is 3. The summed E-state index contributed by atoms with van der Waals surface area (Å²) in [6, 6.07) is 7.53. The summed E-state index contributed by atoms with van der Waals surface area (Å²) in [6.45, 7) is 6.29. The Morgan fingerprint density at radius 1 is 1.13 bits per heavy atom. The normalized spacial score (nSPS) is 16.0. The topological polar surface area (TPSA) is 126 Å². The largest absolute Gasteiger partial charge is 0.444 e. The molecule has 0 saturated carbocycles. The Kier molecular flexibility index (Phi) is 9.34. The van der Waals surface area contributed by atoms with Crippen molar-refractivity contribution in [1.82, 2.24) is 15.5 Å². The number of rotatable bonds is 7. The predicted octanol–water partition coefficient (Wildman–Crippen LogP) is 4.41. The van der Waals surface area contributed by atoms with Crippen molar-refractivity contribution in [2.75, 3.05) is 30.7 Å². The molecule has 1 heterocycles. The van der Waals surface area contributed by atoms with Crippen molar-refractivity contribution in [3.63, 3.8) is 0 Å². The van der Waals surface area contributed by atoms with Gasteiger partial charge in [0.15, 0.2) is 0 Å². The Hall–Kier alpha value is -3.51. The summed E-state index contributed by atoms with van der Waals surface area (Å²) in [5, 5.41) is 7.92. The molecule has 9 nitrogen and oxygen atoms in total. The van der Waals surface area contributed by atoms with Gasteiger partial charge in [-0.15, -0.1) is 0 Å². The molecule has 13 heteroatoms. The van der Waals surface area contributed by atoms with Gasteiger partial charge in [-0.2, -0.15) is 13.2 Å². The summed E-state index contributed by atoms with van der Waals surface area (Å²) in [4.78, 5) is 39.5. The minimum atomic E-state index is -4.72. The highest BCUT2D eigenvalue weighted by molar-refractivity contribution is 6.33. The smallest absolute Gasteiger partial charge is 0.416 e. The van der Waals surface area contributed by atoms with E-state index < -0.39 is 47.4 Å². The van der Waals surface area contributed by atoms with Crippen molar-refractivity contribution >= 4 is 40.9 Å². The van der Waals surface area contributed by atoms with Gasteiger partial charge in [-0.25, -0.2) is 4.79 Å². The number of hydrogen-bond donors (Lipinski definition) is 4. The van der Waals surface area contributed by atoms with E-state index in [1.165, 1.54) is 0 Å². The average molecular weight is 570 g/mol. The Morgan fingerprint density at radius 2 is 1.85 bits per heavy atom. The van der Waals surface area contributed by atoms with Crippen molar-refractivity contribution in [1.29, 1.82) is 0 Å². The third kappa shape index (κ3) is 9.03. The first kappa shape index (κ1) is 30.0. The molecule has 3 amide bonds. The van der Waals surface area contributed by atoms with Gasteiger partial charge < -0.3 is 21.1 Å². The van der Waals surface area contributed by atoms with E-state index in [0.29, 0.717) is 36.3 Å². The Balaban J connectivity index is 1.58. The molecule has 0 spiro atoms. The molecule has 0 radical (unpaired) electrons. The maximum absolute atomic E-state index is 13.3. The van der Waals surface area contributed by atoms with Crippen molar-refractivity contribution in [2.45, 2.75) is 51.6 Å². The molecule has 1 fully saturated rings. The highest BCUT2D eigenvalue weighted by atomic mass is 35.5. The molecular formula is C26H31ClF3N5O4. The minimum Gasteiger partial charge on any atom is -0.444 e. The average Bonchev–Trinajstić information content (AvgIpc) is 3.24. The van der Waals surface area contributed by atoms with Crippen LogP contribution < -0.4 is 21.7 Å². The van der Waals surface area contributed by atoms with E-state index in [0.717, 1.165) is 24.2 Å². The van der Waals surface area contributed by atoms with Crippen LogP contribution in [-0.2, 0) is 22.3 Å². The van der Waals surface area contributed by atoms with Gasteiger partial charge in [0.25, 0.3) is 5.91 Å². The molecule has 39 heavy (non-hydrogen) atoms. The molecular weight excluding hydrogens is 539 g/mol. The summed E-state index contributed by atoms with van der Waals surface area (Å²) < 4.78 is 44.9. The summed E-state index contributed by atoms with van der Waals surface area (Å²) >= 11 is 5.96. The highest BCUT2D eigenvalue weighted by Gasteiger charge is 2.32. The lowest BCUT2D eigenvalue weighted by molar-refractivity contribution is -0.137.